The molecule has 0 fully saturated rings. The predicted molar refractivity (Wildman–Crippen MR) is 41.7 cm³/mol. The zero-order chi connectivity index (χ0) is 5.91. The van der Waals surface area contributed by atoms with Crippen LogP contribution in [0.15, 0.2) is 0 Å². The maximum absolute atomic E-state index is 5.48. The van der Waals surface area contributed by atoms with Gasteiger partial charge in [0, 0.05) is 5.38 Å². The third-order valence-electron chi connectivity index (χ3n) is 0.308. The van der Waals surface area contributed by atoms with Crippen molar-refractivity contribution in [3.63, 3.8) is 0 Å². The Bertz CT molecular complexity index is 51.4. The van der Waals surface area contributed by atoms with Gasteiger partial charge in [0.15, 0.2) is 0 Å². The summed E-state index contributed by atoms with van der Waals surface area (Å²) in [5.41, 5.74) is 0. The molecule has 0 N–H and O–H groups in total. The van der Waals surface area contributed by atoms with E-state index in [2.05, 4.69) is 0 Å². The van der Waals surface area contributed by atoms with Gasteiger partial charge in [0.2, 0.25) is 0 Å². The van der Waals surface area contributed by atoms with E-state index in [0.717, 1.165) is 0 Å². The average Bonchev–Trinajstić information content (AvgIpc) is 1.30. The Labute approximate surface area is 62.6 Å². The van der Waals surface area contributed by atoms with Gasteiger partial charge < -0.3 is 0 Å². The van der Waals surface area contributed by atoms with Gasteiger partial charge in [-0.15, -0.1) is 33.2 Å². The van der Waals surface area contributed by atoms with Crippen LogP contribution in [0.25, 0.3) is 0 Å². The van der Waals surface area contributed by atoms with Gasteiger partial charge in [0.05, 0.1) is 0 Å². The monoisotopic (exact) mass is 194 g/mol. The summed E-state index contributed by atoms with van der Waals surface area (Å²) in [5, 5.41) is 0.692. The zero-order valence-electron chi connectivity index (χ0n) is 3.75. The fourth-order valence-electron chi connectivity index (χ4n) is 0.164. The Morgan fingerprint density at radius 2 is 1.86 bits per heavy atom. The first-order chi connectivity index (χ1) is 3.06. The van der Waals surface area contributed by atoms with Crippen LogP contribution in [0.3, 0.4) is 0 Å². The molecule has 0 rings (SSSR count). The first-order valence-electron chi connectivity index (χ1n) is 1.62. The van der Waals surface area contributed by atoms with E-state index in [1.807, 2.05) is 6.26 Å². The molecule has 7 heavy (non-hydrogen) atoms. The van der Waals surface area contributed by atoms with Crippen molar-refractivity contribution < 1.29 is 0 Å². The molecular formula is C2H5Cl3SSi. The highest BCUT2D eigenvalue weighted by Gasteiger charge is 2.23. The molecule has 0 radical (unpaired) electrons. The van der Waals surface area contributed by atoms with Crippen molar-refractivity contribution in [1.82, 2.24) is 0 Å². The number of thioether (sulfide) groups is 1. The second-order valence-electron chi connectivity index (χ2n) is 1.05. The van der Waals surface area contributed by atoms with Gasteiger partial charge in [-0.3, -0.25) is 0 Å². The molecule has 0 aromatic heterocycles. The Kier molecular flexibility index (Phi) is 4.17. The van der Waals surface area contributed by atoms with Crippen LogP contribution >= 0.6 is 45.0 Å². The molecule has 0 saturated carbocycles. The highest BCUT2D eigenvalue weighted by molar-refractivity contribution is 8.02. The molecule has 5 heteroatoms. The third-order valence-corrected chi connectivity index (χ3v) is 5.72. The predicted octanol–water partition coefficient (Wildman–Crippen LogP) is 2.54. The molecule has 0 saturated heterocycles. The van der Waals surface area contributed by atoms with Crippen molar-refractivity contribution in [2.75, 3.05) is 11.6 Å². The molecule has 0 nitrogen and oxygen atoms in total. The molecule has 0 aliphatic rings. The SMILES string of the molecule is CSC[Si](Cl)(Cl)Cl. The molecule has 0 atom stereocenters. The van der Waals surface area contributed by atoms with Crippen molar-refractivity contribution in [3.8, 4) is 0 Å². The number of hydrogen-bond donors (Lipinski definition) is 0. The zero-order valence-corrected chi connectivity index (χ0v) is 7.83. The van der Waals surface area contributed by atoms with Crippen LogP contribution in [0.5, 0.6) is 0 Å². The van der Waals surface area contributed by atoms with Gasteiger partial charge in [0.1, 0.15) is 0 Å². The number of halogens is 3. The molecule has 44 valence electrons. The van der Waals surface area contributed by atoms with Crippen molar-refractivity contribution >= 4 is 51.0 Å². The Balaban J connectivity index is 3.15. The molecule has 0 aromatic carbocycles. The largest absolute Gasteiger partial charge is 0.350 e. The maximum atomic E-state index is 5.48. The summed E-state index contributed by atoms with van der Waals surface area (Å²) in [7, 11) is 0. The highest BCUT2D eigenvalue weighted by Crippen LogP contribution is 2.22. The van der Waals surface area contributed by atoms with Gasteiger partial charge in [-0.2, -0.15) is 11.8 Å². The molecule has 0 heterocycles. The number of rotatable bonds is 2. The van der Waals surface area contributed by atoms with Crippen LogP contribution in [0.2, 0.25) is 0 Å². The number of hydrogen-bond acceptors (Lipinski definition) is 1. The van der Waals surface area contributed by atoms with E-state index >= 15 is 0 Å². The molecular weight excluding hydrogens is 191 g/mol. The quantitative estimate of drug-likeness (QED) is 0.482. The molecule has 0 aliphatic carbocycles. The van der Waals surface area contributed by atoms with E-state index in [9.17, 15) is 0 Å². The lowest BCUT2D eigenvalue weighted by Gasteiger charge is -2.01. The summed E-state index contributed by atoms with van der Waals surface area (Å²) in [6, 6.07) is -2.28. The van der Waals surface area contributed by atoms with Crippen molar-refractivity contribution in [2.45, 2.75) is 0 Å². The van der Waals surface area contributed by atoms with E-state index in [1.54, 1.807) is 11.8 Å². The third kappa shape index (κ3) is 7.44. The summed E-state index contributed by atoms with van der Waals surface area (Å²) >= 11 is 18.0. The van der Waals surface area contributed by atoms with Gasteiger partial charge in [-0.05, 0) is 6.26 Å². The molecule has 0 aliphatic heterocycles. The molecule has 0 unspecified atom stereocenters. The van der Waals surface area contributed by atoms with Crippen LogP contribution in [-0.2, 0) is 0 Å². The average molecular weight is 196 g/mol. The smallest absolute Gasteiger partial charge is 0.165 e. The lowest BCUT2D eigenvalue weighted by atomic mass is 11.9. The van der Waals surface area contributed by atoms with E-state index < -0.39 is 6.00 Å². The Morgan fingerprint density at radius 3 is 1.86 bits per heavy atom. The van der Waals surface area contributed by atoms with Crippen LogP contribution in [-0.4, -0.2) is 17.6 Å². The van der Waals surface area contributed by atoms with Crippen LogP contribution < -0.4 is 0 Å². The molecule has 0 bridgehead atoms. The molecule has 0 amide bonds. The molecule has 0 aromatic rings. The second-order valence-corrected chi connectivity index (χ2v) is 11.6. The van der Waals surface area contributed by atoms with E-state index in [-0.39, 0.29) is 0 Å². The van der Waals surface area contributed by atoms with Crippen LogP contribution in [0.1, 0.15) is 0 Å². The highest BCUT2D eigenvalue weighted by atomic mass is 35.8. The fraction of sp³-hybridized carbons (Fsp3) is 1.00. The van der Waals surface area contributed by atoms with Gasteiger partial charge in [-0.25, -0.2) is 0 Å². The van der Waals surface area contributed by atoms with Gasteiger partial charge in [-0.1, -0.05) is 0 Å². The van der Waals surface area contributed by atoms with Gasteiger partial charge in [0.25, 0.3) is 0 Å². The standard InChI is InChI=1S/C2H5Cl3SSi/c1-6-2-7(3,4)5/h2H2,1H3. The first-order valence-corrected chi connectivity index (χ1v) is 8.25. The van der Waals surface area contributed by atoms with E-state index in [4.69, 9.17) is 33.2 Å². The Morgan fingerprint density at radius 1 is 1.43 bits per heavy atom. The van der Waals surface area contributed by atoms with E-state index in [0.29, 0.717) is 5.38 Å². The van der Waals surface area contributed by atoms with Crippen molar-refractivity contribution in [1.29, 1.82) is 0 Å². The topological polar surface area (TPSA) is 0 Å². The minimum absolute atomic E-state index is 0.692. The normalized spacial score (nSPS) is 12.0. The fourth-order valence-corrected chi connectivity index (χ4v) is 4.42. The van der Waals surface area contributed by atoms with Crippen LogP contribution in [0.4, 0.5) is 0 Å². The summed E-state index contributed by atoms with van der Waals surface area (Å²) in [5.74, 6) is 0. The summed E-state index contributed by atoms with van der Waals surface area (Å²) in [6.07, 6.45) is 1.93. The first kappa shape index (κ1) is 8.44. The minimum Gasteiger partial charge on any atom is -0.165 e. The lowest BCUT2D eigenvalue weighted by Crippen LogP contribution is -2.12. The van der Waals surface area contributed by atoms with Crippen molar-refractivity contribution in [2.24, 2.45) is 0 Å². The summed E-state index contributed by atoms with van der Waals surface area (Å²) in [4.78, 5) is 0. The van der Waals surface area contributed by atoms with Crippen molar-refractivity contribution in [3.05, 3.63) is 0 Å². The minimum atomic E-state index is -2.28. The Hall–Kier alpha value is 1.44. The van der Waals surface area contributed by atoms with Crippen LogP contribution in [0, 0.1) is 0 Å². The molecule has 0 spiro atoms. The van der Waals surface area contributed by atoms with Gasteiger partial charge >= 0.3 is 6.00 Å². The summed E-state index contributed by atoms with van der Waals surface area (Å²) in [6.45, 7) is 0. The lowest BCUT2D eigenvalue weighted by molar-refractivity contribution is 2.14. The van der Waals surface area contributed by atoms with E-state index in [1.165, 1.54) is 0 Å². The maximum Gasteiger partial charge on any atom is 0.350 e. The second kappa shape index (κ2) is 3.46. The summed E-state index contributed by atoms with van der Waals surface area (Å²) < 4.78 is 0.